The fraction of sp³-hybridized carbons (Fsp3) is 0. The lowest BCUT2D eigenvalue weighted by Crippen LogP contribution is -2.10. The molecule has 0 saturated heterocycles. The van der Waals surface area contributed by atoms with E-state index in [9.17, 15) is 0 Å². The molecule has 2 aromatic heterocycles. The Balaban J connectivity index is 1.46. The second-order valence-electron chi connectivity index (χ2n) is 8.87. The summed E-state index contributed by atoms with van der Waals surface area (Å²) < 4.78 is 115. The summed E-state index contributed by atoms with van der Waals surface area (Å²) in [7, 11) is 0. The molecule has 6 aromatic carbocycles. The van der Waals surface area contributed by atoms with Gasteiger partial charge in [0.2, 0.25) is 0 Å². The highest BCUT2D eigenvalue weighted by Crippen LogP contribution is 2.43. The molecule has 39 heavy (non-hydrogen) atoms. The van der Waals surface area contributed by atoms with E-state index in [1.54, 1.807) is 24.3 Å². The monoisotopic (exact) mass is 513 g/mol. The molecule has 0 atom stereocenters. The van der Waals surface area contributed by atoms with Gasteiger partial charge in [0.05, 0.1) is 27.5 Å². The summed E-state index contributed by atoms with van der Waals surface area (Å²) in [4.78, 5) is 1.20. The molecule has 0 spiro atoms. The summed E-state index contributed by atoms with van der Waals surface area (Å²) in [6.45, 7) is 0. The highest BCUT2D eigenvalue weighted by molar-refractivity contribution is 6.13. The van der Waals surface area contributed by atoms with E-state index >= 15 is 0 Å². The van der Waals surface area contributed by atoms with Crippen molar-refractivity contribution in [3.63, 3.8) is 0 Å². The number of nitrogens with zero attached hydrogens (tertiary/aromatic N) is 1. The molecule has 0 N–H and O–H groups in total. The van der Waals surface area contributed by atoms with E-state index in [4.69, 9.17) is 25.3 Å². The predicted molar refractivity (Wildman–Crippen MR) is 161 cm³/mol. The van der Waals surface area contributed by atoms with E-state index in [2.05, 4.69) is 0 Å². The number of fused-ring (bicyclic) bond motifs is 6. The summed E-state index contributed by atoms with van der Waals surface area (Å²) in [5.74, 6) is 0. The van der Waals surface area contributed by atoms with Gasteiger partial charge in [-0.25, -0.2) is 0 Å². The maximum absolute atomic E-state index is 9.14. The highest BCUT2D eigenvalue weighted by atomic mass is 16.3. The first-order valence-corrected chi connectivity index (χ1v) is 12.1. The van der Waals surface area contributed by atoms with Crippen molar-refractivity contribution < 1.29 is 25.3 Å². The quantitative estimate of drug-likeness (QED) is 0.234. The maximum atomic E-state index is 9.14. The molecule has 0 saturated carbocycles. The van der Waals surface area contributed by atoms with Gasteiger partial charge in [0, 0.05) is 33.1 Å². The first-order valence-electron chi connectivity index (χ1n) is 18.1. The van der Waals surface area contributed by atoms with Gasteiger partial charge in [-0.3, -0.25) is 0 Å². The van der Waals surface area contributed by atoms with Crippen molar-refractivity contribution in [3.8, 4) is 11.1 Å². The zero-order valence-corrected chi connectivity index (χ0v) is 20.1. The molecule has 0 amide bonds. The number of hydrogen-bond acceptors (Lipinski definition) is 3. The summed E-state index contributed by atoms with van der Waals surface area (Å²) in [5, 5.41) is 1.52. The van der Waals surface area contributed by atoms with Gasteiger partial charge in [0.15, 0.2) is 0 Å². The van der Waals surface area contributed by atoms with Crippen LogP contribution in [0, 0.1) is 0 Å². The third-order valence-corrected chi connectivity index (χ3v) is 6.70. The van der Waals surface area contributed by atoms with Gasteiger partial charge in [0.25, 0.3) is 0 Å². The molecule has 0 aliphatic carbocycles. The third-order valence-electron chi connectivity index (χ3n) is 6.70. The van der Waals surface area contributed by atoms with Crippen LogP contribution in [0.4, 0.5) is 17.1 Å². The average molecular weight is 514 g/mol. The van der Waals surface area contributed by atoms with E-state index in [0.717, 1.165) is 16.3 Å². The number of furan rings is 2. The molecular formula is C36H23NO2. The van der Waals surface area contributed by atoms with Crippen LogP contribution in [0.3, 0.4) is 0 Å². The smallest absolute Gasteiger partial charge is 0.143 e. The van der Waals surface area contributed by atoms with Crippen molar-refractivity contribution >= 4 is 60.9 Å². The van der Waals surface area contributed by atoms with Crippen LogP contribution >= 0.6 is 0 Å². The molecule has 3 nitrogen and oxygen atoms in total. The second-order valence-corrected chi connectivity index (χ2v) is 8.87. The van der Waals surface area contributed by atoms with Gasteiger partial charge < -0.3 is 13.7 Å². The molecular weight excluding hydrogens is 478 g/mol. The van der Waals surface area contributed by atoms with E-state index in [1.165, 1.54) is 4.90 Å². The van der Waals surface area contributed by atoms with Gasteiger partial charge in [-0.1, -0.05) is 90.8 Å². The number of benzene rings is 6. The molecule has 0 radical (unpaired) electrons. The second kappa shape index (κ2) is 8.64. The Hall–Kier alpha value is -5.28. The van der Waals surface area contributed by atoms with E-state index in [1.807, 2.05) is 42.5 Å². The van der Waals surface area contributed by atoms with Crippen LogP contribution < -0.4 is 4.90 Å². The van der Waals surface area contributed by atoms with Crippen molar-refractivity contribution in [3.05, 3.63) is 139 Å². The molecule has 0 aliphatic rings. The Labute approximate surface area is 242 Å². The molecule has 3 heteroatoms. The van der Waals surface area contributed by atoms with Gasteiger partial charge in [0.1, 0.15) is 22.3 Å². The van der Waals surface area contributed by atoms with Gasteiger partial charge >= 0.3 is 0 Å². The van der Waals surface area contributed by atoms with Crippen molar-refractivity contribution in [2.45, 2.75) is 0 Å². The molecule has 0 unspecified atom stereocenters. The Morgan fingerprint density at radius 3 is 2.18 bits per heavy atom. The fourth-order valence-corrected chi connectivity index (χ4v) is 5.00. The van der Waals surface area contributed by atoms with Crippen LogP contribution in [0.2, 0.25) is 0 Å². The summed E-state index contributed by atoms with van der Waals surface area (Å²) >= 11 is 0. The van der Waals surface area contributed by atoms with Crippen molar-refractivity contribution in [1.82, 2.24) is 0 Å². The number of para-hydroxylation sites is 4. The SMILES string of the molecule is [2H]c1c([2H])c([2H])c(N(c2ccc(-c3cccc4c3oc3ccccc34)cc2)c2c([2H])c([2H])c([2H])c3oc4c([2H])c([2H])c([2H])c([2H])c4c23)c([2H])c1[2H]. The summed E-state index contributed by atoms with van der Waals surface area (Å²) in [5.41, 5.74) is 1.75. The van der Waals surface area contributed by atoms with Crippen LogP contribution in [0.5, 0.6) is 0 Å². The van der Waals surface area contributed by atoms with Gasteiger partial charge in [-0.05, 0) is 54.0 Å². The normalized spacial score (nSPS) is 15.9. The zero-order valence-electron chi connectivity index (χ0n) is 32.1. The molecule has 2 heterocycles. The number of hydrogen-bond donors (Lipinski definition) is 0. The average Bonchev–Trinajstić information content (AvgIpc) is 3.73. The molecule has 0 aliphatic heterocycles. The number of rotatable bonds is 4. The lowest BCUT2D eigenvalue weighted by molar-refractivity contribution is 0.669. The lowest BCUT2D eigenvalue weighted by atomic mass is 10.0. The summed E-state index contributed by atoms with van der Waals surface area (Å²) in [6.07, 6.45) is 0. The molecule has 0 bridgehead atoms. The molecule has 0 fully saturated rings. The van der Waals surface area contributed by atoms with E-state index in [-0.39, 0.29) is 39.0 Å². The maximum Gasteiger partial charge on any atom is 0.143 e. The minimum atomic E-state index is -0.658. The molecule has 8 rings (SSSR count). The Kier molecular flexibility index (Phi) is 2.88. The van der Waals surface area contributed by atoms with Crippen LogP contribution in [0.15, 0.2) is 148 Å². The number of anilines is 3. The van der Waals surface area contributed by atoms with Crippen LogP contribution in [-0.2, 0) is 0 Å². The van der Waals surface area contributed by atoms with Crippen molar-refractivity contribution in [2.24, 2.45) is 0 Å². The minimum absolute atomic E-state index is 0.147. The van der Waals surface area contributed by atoms with E-state index in [0.29, 0.717) is 16.7 Å². The Bertz CT molecular complexity index is 2760. The standard InChI is InChI=1S/C36H23NO2/c1-2-10-25(11-3-1)37(31-16-9-19-34-35(31)30-13-5-7-18-33(30)38-34)26-22-20-24(21-23-26)27-14-8-15-29-28-12-4-6-17-32(28)39-36(27)29/h1-23H/i1D,2D,3D,5D,7D,9D,10D,11D,13D,16D,18D,19D. The van der Waals surface area contributed by atoms with Crippen molar-refractivity contribution in [1.29, 1.82) is 0 Å². The van der Waals surface area contributed by atoms with Crippen LogP contribution in [-0.4, -0.2) is 0 Å². The highest BCUT2D eigenvalue weighted by Gasteiger charge is 2.19. The minimum Gasteiger partial charge on any atom is -0.456 e. The Morgan fingerprint density at radius 2 is 1.28 bits per heavy atom. The van der Waals surface area contributed by atoms with Crippen LogP contribution in [0.25, 0.3) is 55.0 Å². The third kappa shape index (κ3) is 3.44. The lowest BCUT2D eigenvalue weighted by Gasteiger charge is -2.26. The predicted octanol–water partition coefficient (Wildman–Crippen LogP) is 10.6. The van der Waals surface area contributed by atoms with Crippen molar-refractivity contribution in [2.75, 3.05) is 4.90 Å². The molecule has 8 aromatic rings. The van der Waals surface area contributed by atoms with Gasteiger partial charge in [-0.2, -0.15) is 0 Å². The first kappa shape index (κ1) is 13.0. The molecule has 184 valence electrons. The van der Waals surface area contributed by atoms with Crippen LogP contribution in [0.1, 0.15) is 16.4 Å². The van der Waals surface area contributed by atoms with E-state index < -0.39 is 72.5 Å². The Morgan fingerprint density at radius 1 is 0.513 bits per heavy atom. The summed E-state index contributed by atoms with van der Waals surface area (Å²) in [6, 6.07) is 12.8. The fourth-order valence-electron chi connectivity index (χ4n) is 5.00. The largest absolute Gasteiger partial charge is 0.456 e. The van der Waals surface area contributed by atoms with Gasteiger partial charge in [-0.15, -0.1) is 0 Å². The topological polar surface area (TPSA) is 29.5 Å². The zero-order chi connectivity index (χ0) is 36.2. The first-order chi connectivity index (χ1) is 24.3.